The molecule has 0 aliphatic heterocycles. The van der Waals surface area contributed by atoms with Crippen LogP contribution in [0.5, 0.6) is 28.7 Å². The van der Waals surface area contributed by atoms with Crippen LogP contribution >= 0.6 is 0 Å². The van der Waals surface area contributed by atoms with Crippen LogP contribution in [0.15, 0.2) is 73.6 Å². The molecule has 0 fully saturated rings. The summed E-state index contributed by atoms with van der Waals surface area (Å²) in [5.41, 5.74) is 2.03. The fraction of sp³-hybridized carbons (Fsp3) is 0.439. The first-order chi connectivity index (χ1) is 25.0. The van der Waals surface area contributed by atoms with Crippen LogP contribution in [-0.2, 0) is 11.4 Å². The zero-order valence-corrected chi connectivity index (χ0v) is 30.7. The van der Waals surface area contributed by atoms with Gasteiger partial charge in [0.05, 0.1) is 32.0 Å². The van der Waals surface area contributed by atoms with Crippen molar-refractivity contribution >= 4 is 28.4 Å². The number of hydrogen-bond donors (Lipinski definition) is 1. The molecule has 0 atom stereocenters. The third-order valence-electron chi connectivity index (χ3n) is 8.60. The number of benzene rings is 3. The van der Waals surface area contributed by atoms with Gasteiger partial charge >= 0.3 is 5.97 Å². The van der Waals surface area contributed by atoms with Gasteiger partial charge in [0.25, 0.3) is 0 Å². The van der Waals surface area contributed by atoms with Crippen LogP contribution < -0.4 is 29.0 Å². The third-order valence-corrected chi connectivity index (χ3v) is 8.60. The van der Waals surface area contributed by atoms with E-state index in [9.17, 15) is 4.79 Å². The standard InChI is InChI=1S/C41H54N4O6/c1-6-9-11-16-23-45(24-17-12-10-7-2)25-18-26-49-37-27-32-34(28-36(37)48-5)42-30-43-41(32)44-33-21-22-35(47-4)40(39(33)51-38(46)8-3)50-29-31-19-14-13-15-20-31/h8,13-15,19-22,27-28,30H,3,6-7,9-12,16-18,23-26,29H2,1-2,4-5H3,(H,42,43,44). The second-order valence-corrected chi connectivity index (χ2v) is 12.4. The average Bonchev–Trinajstić information content (AvgIpc) is 3.16. The van der Waals surface area contributed by atoms with Crippen LogP contribution in [0, 0.1) is 0 Å². The minimum atomic E-state index is -0.649. The molecule has 4 rings (SSSR count). The van der Waals surface area contributed by atoms with E-state index >= 15 is 0 Å². The molecule has 0 bridgehead atoms. The summed E-state index contributed by atoms with van der Waals surface area (Å²) in [5, 5.41) is 4.04. The normalized spacial score (nSPS) is 11.0. The smallest absolute Gasteiger partial charge is 0.335 e. The van der Waals surface area contributed by atoms with Gasteiger partial charge in [-0.2, -0.15) is 0 Å². The van der Waals surface area contributed by atoms with E-state index in [2.05, 4.69) is 40.6 Å². The highest BCUT2D eigenvalue weighted by Gasteiger charge is 2.22. The molecule has 1 aromatic heterocycles. The molecule has 51 heavy (non-hydrogen) atoms. The Morgan fingerprint density at radius 1 is 0.784 bits per heavy atom. The van der Waals surface area contributed by atoms with Crippen molar-refractivity contribution in [3.05, 3.63) is 79.1 Å². The number of fused-ring (bicyclic) bond motifs is 1. The predicted molar refractivity (Wildman–Crippen MR) is 204 cm³/mol. The molecule has 0 saturated heterocycles. The van der Waals surface area contributed by atoms with Gasteiger partial charge in [0.1, 0.15) is 18.8 Å². The SMILES string of the molecule is C=CC(=O)Oc1c(Nc2ncnc3cc(OC)c(OCCCN(CCCCCC)CCCCCC)cc23)ccc(OC)c1OCc1ccccc1. The number of rotatable bonds is 24. The lowest BCUT2D eigenvalue weighted by molar-refractivity contribution is -0.129. The van der Waals surface area contributed by atoms with Gasteiger partial charge in [-0.3, -0.25) is 0 Å². The van der Waals surface area contributed by atoms with Gasteiger partial charge in [-0.1, -0.05) is 89.3 Å². The summed E-state index contributed by atoms with van der Waals surface area (Å²) in [6.45, 7) is 12.1. The van der Waals surface area contributed by atoms with Crippen LogP contribution in [-0.4, -0.2) is 61.3 Å². The highest BCUT2D eigenvalue weighted by Crippen LogP contribution is 2.45. The monoisotopic (exact) mass is 698 g/mol. The number of ether oxygens (including phenoxy) is 5. The number of nitrogens with zero attached hydrogens (tertiary/aromatic N) is 3. The van der Waals surface area contributed by atoms with Crippen LogP contribution in [0.2, 0.25) is 0 Å². The summed E-state index contributed by atoms with van der Waals surface area (Å²) in [4.78, 5) is 24.2. The van der Waals surface area contributed by atoms with Crippen LogP contribution in [0.25, 0.3) is 10.9 Å². The largest absolute Gasteiger partial charge is 0.493 e. The van der Waals surface area contributed by atoms with E-state index in [0.717, 1.165) is 37.7 Å². The molecule has 4 aromatic rings. The second-order valence-electron chi connectivity index (χ2n) is 12.4. The van der Waals surface area contributed by atoms with E-state index in [1.165, 1.54) is 64.8 Å². The molecule has 274 valence electrons. The first kappa shape index (κ1) is 39.0. The molecule has 0 aliphatic carbocycles. The summed E-state index contributed by atoms with van der Waals surface area (Å²) in [7, 11) is 3.15. The Morgan fingerprint density at radius 2 is 1.49 bits per heavy atom. The number of anilines is 2. The van der Waals surface area contributed by atoms with Crippen molar-refractivity contribution in [3.63, 3.8) is 0 Å². The summed E-state index contributed by atoms with van der Waals surface area (Å²) in [5.74, 6) is 1.82. The molecule has 1 heterocycles. The third kappa shape index (κ3) is 11.9. The minimum Gasteiger partial charge on any atom is -0.493 e. The van der Waals surface area contributed by atoms with Crippen molar-refractivity contribution in [2.45, 2.75) is 78.2 Å². The Bertz CT molecular complexity index is 1650. The lowest BCUT2D eigenvalue weighted by Gasteiger charge is -2.22. The molecule has 0 unspecified atom stereocenters. The Balaban J connectivity index is 1.55. The number of methoxy groups -OCH3 is 2. The number of carbonyl (C=O) groups is 1. The van der Waals surface area contributed by atoms with E-state index in [1.54, 1.807) is 19.2 Å². The molecule has 1 N–H and O–H groups in total. The maximum Gasteiger partial charge on any atom is 0.335 e. The van der Waals surface area contributed by atoms with Crippen LogP contribution in [0.1, 0.15) is 77.2 Å². The first-order valence-corrected chi connectivity index (χ1v) is 18.2. The Hall–Kier alpha value is -4.83. The van der Waals surface area contributed by atoms with E-state index in [4.69, 9.17) is 23.7 Å². The fourth-order valence-corrected chi connectivity index (χ4v) is 5.81. The summed E-state index contributed by atoms with van der Waals surface area (Å²) < 4.78 is 29.6. The molecule has 0 amide bonds. The van der Waals surface area contributed by atoms with Gasteiger partial charge < -0.3 is 33.9 Å². The highest BCUT2D eigenvalue weighted by molar-refractivity contribution is 5.94. The first-order valence-electron chi connectivity index (χ1n) is 18.2. The predicted octanol–water partition coefficient (Wildman–Crippen LogP) is 9.29. The number of esters is 1. The quantitative estimate of drug-likeness (QED) is 0.0330. The number of carbonyl (C=O) groups excluding carboxylic acids is 1. The van der Waals surface area contributed by atoms with Crippen molar-refractivity contribution in [2.24, 2.45) is 0 Å². The van der Waals surface area contributed by atoms with Gasteiger partial charge in [0.2, 0.25) is 5.75 Å². The molecule has 0 saturated carbocycles. The van der Waals surface area contributed by atoms with E-state index < -0.39 is 5.97 Å². The number of unbranched alkanes of at least 4 members (excludes halogenated alkanes) is 6. The van der Waals surface area contributed by atoms with Crippen LogP contribution in [0.3, 0.4) is 0 Å². The Morgan fingerprint density at radius 3 is 2.16 bits per heavy atom. The number of nitrogens with one attached hydrogen (secondary N) is 1. The van der Waals surface area contributed by atoms with Crippen molar-refractivity contribution in [2.75, 3.05) is 45.8 Å². The molecule has 0 aliphatic rings. The maximum absolute atomic E-state index is 12.5. The number of hydrogen-bond acceptors (Lipinski definition) is 10. The molecule has 3 aromatic carbocycles. The highest BCUT2D eigenvalue weighted by atomic mass is 16.6. The summed E-state index contributed by atoms with van der Waals surface area (Å²) >= 11 is 0. The van der Waals surface area contributed by atoms with E-state index in [0.29, 0.717) is 46.3 Å². The molecular weight excluding hydrogens is 644 g/mol. The van der Waals surface area contributed by atoms with Gasteiger partial charge in [-0.25, -0.2) is 14.8 Å². The van der Waals surface area contributed by atoms with Crippen molar-refractivity contribution in [3.8, 4) is 28.7 Å². The van der Waals surface area contributed by atoms with E-state index in [-0.39, 0.29) is 18.1 Å². The molecule has 10 nitrogen and oxygen atoms in total. The van der Waals surface area contributed by atoms with E-state index in [1.807, 2.05) is 42.5 Å². The van der Waals surface area contributed by atoms with Crippen molar-refractivity contribution in [1.82, 2.24) is 14.9 Å². The molecule has 0 radical (unpaired) electrons. The van der Waals surface area contributed by atoms with Gasteiger partial charge in [0.15, 0.2) is 23.0 Å². The number of aromatic nitrogens is 2. The molecule has 10 heteroatoms. The van der Waals surface area contributed by atoms with Gasteiger partial charge in [0, 0.05) is 24.1 Å². The van der Waals surface area contributed by atoms with Gasteiger partial charge in [-0.05, 0) is 56.1 Å². The minimum absolute atomic E-state index is 0.140. The molecule has 0 spiro atoms. The van der Waals surface area contributed by atoms with Gasteiger partial charge in [-0.15, -0.1) is 0 Å². The van der Waals surface area contributed by atoms with Crippen molar-refractivity contribution in [1.29, 1.82) is 0 Å². The summed E-state index contributed by atoms with van der Waals surface area (Å²) in [6.07, 6.45) is 13.6. The zero-order chi connectivity index (χ0) is 36.3. The maximum atomic E-state index is 12.5. The summed E-state index contributed by atoms with van der Waals surface area (Å²) in [6, 6.07) is 16.9. The fourth-order valence-electron chi connectivity index (χ4n) is 5.81. The zero-order valence-electron chi connectivity index (χ0n) is 30.7. The lowest BCUT2D eigenvalue weighted by Crippen LogP contribution is -2.28. The van der Waals surface area contributed by atoms with Crippen molar-refractivity contribution < 1.29 is 28.5 Å². The Kier molecular flexibility index (Phi) is 16.4. The van der Waals surface area contributed by atoms with Crippen LogP contribution in [0.4, 0.5) is 11.5 Å². The Labute approximate surface area is 303 Å². The second kappa shape index (κ2) is 21.4. The average molecular weight is 699 g/mol. The topological polar surface area (TPSA) is 104 Å². The molecular formula is C41H54N4O6. The lowest BCUT2D eigenvalue weighted by atomic mass is 10.1.